The molecule has 9 heteroatoms. The molecule has 0 atom stereocenters. The van der Waals surface area contributed by atoms with Crippen molar-refractivity contribution >= 4 is 46.8 Å². The van der Waals surface area contributed by atoms with E-state index >= 15 is 0 Å². The Hall–Kier alpha value is -1.65. The zero-order valence-electron chi connectivity index (χ0n) is 14.2. The summed E-state index contributed by atoms with van der Waals surface area (Å²) in [5, 5.41) is 15.0. The van der Waals surface area contributed by atoms with Crippen LogP contribution in [0.5, 0.6) is 0 Å². The van der Waals surface area contributed by atoms with Crippen LogP contribution in [-0.4, -0.2) is 51.4 Å². The van der Waals surface area contributed by atoms with Crippen LogP contribution >= 0.6 is 24.0 Å². The highest BCUT2D eigenvalue weighted by Crippen LogP contribution is 2.16. The second-order valence-corrected chi connectivity index (χ2v) is 6.03. The standard InChI is InChI=1S/C14H24N8.HI/c1-14(2,3)21-13(15-4)17-7-6-16-11-10-8-20-22(5)12(10)19-9-18-11;/h8-9H,6-7H2,1-5H3,(H2,15,17,21)(H,16,18,19);1H. The third-order valence-electron chi connectivity index (χ3n) is 2.96. The van der Waals surface area contributed by atoms with E-state index in [1.165, 1.54) is 0 Å². The van der Waals surface area contributed by atoms with Crippen molar-refractivity contribution < 1.29 is 0 Å². The molecule has 23 heavy (non-hydrogen) atoms. The van der Waals surface area contributed by atoms with Gasteiger partial charge in [-0.25, -0.2) is 9.97 Å². The van der Waals surface area contributed by atoms with Crippen LogP contribution in [-0.2, 0) is 7.05 Å². The lowest BCUT2D eigenvalue weighted by Crippen LogP contribution is -2.48. The molecule has 0 aromatic carbocycles. The number of rotatable bonds is 4. The predicted molar refractivity (Wildman–Crippen MR) is 104 cm³/mol. The second kappa shape index (κ2) is 8.27. The number of aromatic nitrogens is 4. The van der Waals surface area contributed by atoms with E-state index in [0.717, 1.165) is 29.4 Å². The first-order valence-corrected chi connectivity index (χ1v) is 7.26. The summed E-state index contributed by atoms with van der Waals surface area (Å²) in [7, 11) is 3.63. The molecular formula is C14H25IN8. The van der Waals surface area contributed by atoms with Crippen LogP contribution in [0.4, 0.5) is 5.82 Å². The molecule has 2 rings (SSSR count). The number of aliphatic imine (C=N–C) groups is 1. The van der Waals surface area contributed by atoms with Gasteiger partial charge in [-0.2, -0.15) is 5.10 Å². The van der Waals surface area contributed by atoms with Crippen molar-refractivity contribution in [1.82, 2.24) is 30.4 Å². The molecule has 0 spiro atoms. The highest BCUT2D eigenvalue weighted by atomic mass is 127. The summed E-state index contributed by atoms with van der Waals surface area (Å²) in [6.07, 6.45) is 3.31. The number of hydrogen-bond donors (Lipinski definition) is 3. The van der Waals surface area contributed by atoms with E-state index in [0.29, 0.717) is 6.54 Å². The van der Waals surface area contributed by atoms with Gasteiger partial charge < -0.3 is 16.0 Å². The monoisotopic (exact) mass is 432 g/mol. The molecular weight excluding hydrogens is 407 g/mol. The molecule has 0 unspecified atom stereocenters. The van der Waals surface area contributed by atoms with Crippen LogP contribution in [0.15, 0.2) is 17.5 Å². The molecule has 8 nitrogen and oxygen atoms in total. The average Bonchev–Trinajstić information content (AvgIpc) is 2.83. The van der Waals surface area contributed by atoms with Crippen molar-refractivity contribution in [3.8, 4) is 0 Å². The molecule has 0 amide bonds. The number of nitrogens with zero attached hydrogens (tertiary/aromatic N) is 5. The van der Waals surface area contributed by atoms with Crippen molar-refractivity contribution in [2.24, 2.45) is 12.0 Å². The van der Waals surface area contributed by atoms with Gasteiger partial charge in [-0.3, -0.25) is 9.67 Å². The fourth-order valence-electron chi connectivity index (χ4n) is 2.00. The van der Waals surface area contributed by atoms with Gasteiger partial charge >= 0.3 is 0 Å². The molecule has 2 aromatic rings. The van der Waals surface area contributed by atoms with Crippen LogP contribution in [0.25, 0.3) is 11.0 Å². The van der Waals surface area contributed by atoms with Gasteiger partial charge in [0.25, 0.3) is 0 Å². The average molecular weight is 432 g/mol. The first kappa shape index (κ1) is 19.4. The molecule has 128 valence electrons. The van der Waals surface area contributed by atoms with Crippen molar-refractivity contribution in [2.75, 3.05) is 25.5 Å². The summed E-state index contributed by atoms with van der Waals surface area (Å²) in [5.74, 6) is 1.57. The zero-order valence-corrected chi connectivity index (χ0v) is 16.5. The van der Waals surface area contributed by atoms with Crippen molar-refractivity contribution in [2.45, 2.75) is 26.3 Å². The molecule has 2 heterocycles. The number of halogens is 1. The molecule has 0 radical (unpaired) electrons. The SMILES string of the molecule is CN=C(NCCNc1ncnc2c1cnn2C)NC(C)(C)C.I. The molecule has 0 saturated heterocycles. The fourth-order valence-corrected chi connectivity index (χ4v) is 2.00. The Kier molecular flexibility index (Phi) is 6.98. The van der Waals surface area contributed by atoms with Gasteiger partial charge in [-0.1, -0.05) is 0 Å². The maximum absolute atomic E-state index is 4.27. The van der Waals surface area contributed by atoms with E-state index in [1.54, 1.807) is 24.3 Å². The van der Waals surface area contributed by atoms with Gasteiger partial charge in [0, 0.05) is 32.7 Å². The molecule has 0 aliphatic carbocycles. The molecule has 0 aliphatic heterocycles. The van der Waals surface area contributed by atoms with Gasteiger partial charge in [-0.15, -0.1) is 24.0 Å². The smallest absolute Gasteiger partial charge is 0.191 e. The van der Waals surface area contributed by atoms with Gasteiger partial charge in [0.1, 0.15) is 12.1 Å². The minimum absolute atomic E-state index is 0. The lowest BCUT2D eigenvalue weighted by atomic mass is 10.1. The highest BCUT2D eigenvalue weighted by molar-refractivity contribution is 14.0. The minimum atomic E-state index is -0.0240. The molecule has 0 aliphatic rings. The summed E-state index contributed by atoms with van der Waals surface area (Å²) in [5.41, 5.74) is 0.791. The van der Waals surface area contributed by atoms with E-state index in [-0.39, 0.29) is 29.5 Å². The summed E-state index contributed by atoms with van der Waals surface area (Å²) in [4.78, 5) is 12.7. The Morgan fingerprint density at radius 3 is 2.65 bits per heavy atom. The summed E-state index contributed by atoms with van der Waals surface area (Å²) in [6.45, 7) is 7.72. The molecule has 0 fully saturated rings. The van der Waals surface area contributed by atoms with Gasteiger partial charge in [-0.05, 0) is 20.8 Å². The zero-order chi connectivity index (χ0) is 16.2. The van der Waals surface area contributed by atoms with E-state index in [2.05, 4.69) is 56.8 Å². The molecule has 2 aromatic heterocycles. The summed E-state index contributed by atoms with van der Waals surface area (Å²) >= 11 is 0. The predicted octanol–water partition coefficient (Wildman–Crippen LogP) is 1.36. The normalized spacial score (nSPS) is 12.0. The largest absolute Gasteiger partial charge is 0.368 e. The maximum atomic E-state index is 4.27. The van der Waals surface area contributed by atoms with Crippen LogP contribution in [0.3, 0.4) is 0 Å². The Labute approximate surface area is 153 Å². The van der Waals surface area contributed by atoms with Gasteiger partial charge in [0.15, 0.2) is 11.6 Å². The quantitative estimate of drug-likeness (QED) is 0.293. The lowest BCUT2D eigenvalue weighted by molar-refractivity contribution is 0.502. The van der Waals surface area contributed by atoms with Gasteiger partial charge in [0.2, 0.25) is 0 Å². The van der Waals surface area contributed by atoms with E-state index < -0.39 is 0 Å². The third-order valence-corrected chi connectivity index (χ3v) is 2.96. The molecule has 3 N–H and O–H groups in total. The van der Waals surface area contributed by atoms with E-state index in [1.807, 2.05) is 7.05 Å². The lowest BCUT2D eigenvalue weighted by Gasteiger charge is -2.23. The van der Waals surface area contributed by atoms with E-state index in [9.17, 15) is 0 Å². The van der Waals surface area contributed by atoms with Crippen LogP contribution < -0.4 is 16.0 Å². The highest BCUT2D eigenvalue weighted by Gasteiger charge is 2.11. The first-order chi connectivity index (χ1) is 10.4. The summed E-state index contributed by atoms with van der Waals surface area (Å²) < 4.78 is 1.73. The molecule has 0 bridgehead atoms. The number of aryl methyl sites for hydroxylation is 1. The van der Waals surface area contributed by atoms with Crippen molar-refractivity contribution in [1.29, 1.82) is 0 Å². The van der Waals surface area contributed by atoms with Gasteiger partial charge in [0.05, 0.1) is 11.6 Å². The van der Waals surface area contributed by atoms with E-state index in [4.69, 9.17) is 0 Å². The van der Waals surface area contributed by atoms with Crippen LogP contribution in [0.2, 0.25) is 0 Å². The minimum Gasteiger partial charge on any atom is -0.368 e. The fraction of sp³-hybridized carbons (Fsp3) is 0.571. The Balaban J connectivity index is 0.00000264. The number of hydrogen-bond acceptors (Lipinski definition) is 5. The Morgan fingerprint density at radius 1 is 1.26 bits per heavy atom. The first-order valence-electron chi connectivity index (χ1n) is 7.26. The Morgan fingerprint density at radius 2 is 2.00 bits per heavy atom. The van der Waals surface area contributed by atoms with Crippen molar-refractivity contribution in [3.05, 3.63) is 12.5 Å². The van der Waals surface area contributed by atoms with Crippen LogP contribution in [0.1, 0.15) is 20.8 Å². The summed E-state index contributed by atoms with van der Waals surface area (Å²) in [6, 6.07) is 0. The van der Waals surface area contributed by atoms with Crippen LogP contribution in [0, 0.1) is 0 Å². The maximum Gasteiger partial charge on any atom is 0.191 e. The second-order valence-electron chi connectivity index (χ2n) is 6.03. The number of guanidine groups is 1. The number of anilines is 1. The molecule has 0 saturated carbocycles. The Bertz CT molecular complexity index is 658. The number of fused-ring (bicyclic) bond motifs is 1. The number of nitrogens with one attached hydrogen (secondary N) is 3. The third kappa shape index (κ3) is 5.48. The van der Waals surface area contributed by atoms with Crippen molar-refractivity contribution in [3.63, 3.8) is 0 Å². The topological polar surface area (TPSA) is 92.1 Å².